The van der Waals surface area contributed by atoms with Gasteiger partial charge in [0.25, 0.3) is 5.56 Å². The molecule has 0 atom stereocenters. The van der Waals surface area contributed by atoms with E-state index in [4.69, 9.17) is 0 Å². The third-order valence-electron chi connectivity index (χ3n) is 4.11. The first-order valence-electron chi connectivity index (χ1n) is 7.28. The van der Waals surface area contributed by atoms with Crippen LogP contribution in [0.1, 0.15) is 17.0 Å². The van der Waals surface area contributed by atoms with Crippen molar-refractivity contribution in [2.24, 2.45) is 21.1 Å². The molecule has 1 aromatic carbocycles. The molecule has 3 aromatic rings. The van der Waals surface area contributed by atoms with Crippen LogP contribution in [0, 0.1) is 6.92 Å². The molecule has 3 rings (SSSR count). The molecule has 2 aromatic heterocycles. The van der Waals surface area contributed by atoms with Gasteiger partial charge in [0.1, 0.15) is 5.82 Å². The molecule has 23 heavy (non-hydrogen) atoms. The molecule has 118 valence electrons. The molecule has 0 aliphatic rings. The van der Waals surface area contributed by atoms with Crippen LogP contribution in [0.2, 0.25) is 0 Å². The predicted molar refractivity (Wildman–Crippen MR) is 91.3 cm³/mol. The Hall–Kier alpha value is -2.89. The molecule has 0 radical (unpaired) electrons. The highest BCUT2D eigenvalue weighted by atomic mass is 16.2. The van der Waals surface area contributed by atoms with E-state index in [-0.39, 0.29) is 11.2 Å². The Balaban J connectivity index is 2.21. The number of hydrogen-bond acceptors (Lipinski definition) is 3. The number of aryl methyl sites for hydroxylation is 3. The fraction of sp³-hybridized carbons (Fsp3) is 0.235. The summed E-state index contributed by atoms with van der Waals surface area (Å²) in [4.78, 5) is 28.8. The van der Waals surface area contributed by atoms with Crippen molar-refractivity contribution in [3.8, 4) is 0 Å². The van der Waals surface area contributed by atoms with Gasteiger partial charge in [0.05, 0.1) is 0 Å². The Morgan fingerprint density at radius 1 is 0.957 bits per heavy atom. The molecule has 2 heterocycles. The van der Waals surface area contributed by atoms with Crippen molar-refractivity contribution in [3.63, 3.8) is 0 Å². The summed E-state index contributed by atoms with van der Waals surface area (Å²) < 4.78 is 4.20. The summed E-state index contributed by atoms with van der Waals surface area (Å²) in [6, 6.07) is 8.01. The van der Waals surface area contributed by atoms with Crippen molar-refractivity contribution in [2.75, 3.05) is 0 Å². The summed E-state index contributed by atoms with van der Waals surface area (Å²) in [5.74, 6) is 0.626. The second-order valence-electron chi connectivity index (χ2n) is 5.60. The van der Waals surface area contributed by atoms with Gasteiger partial charge in [-0.3, -0.25) is 13.9 Å². The molecule has 6 nitrogen and oxygen atoms in total. The first kappa shape index (κ1) is 15.0. The monoisotopic (exact) mass is 310 g/mol. The Kier molecular flexibility index (Phi) is 3.52. The highest BCUT2D eigenvalue weighted by Gasteiger charge is 2.15. The normalized spacial score (nSPS) is 11.7. The lowest BCUT2D eigenvalue weighted by atomic mass is 10.1. The number of imidazole rings is 1. The maximum Gasteiger partial charge on any atom is 0.332 e. The number of fused-ring (bicyclic) bond motifs is 1. The van der Waals surface area contributed by atoms with Crippen LogP contribution in [-0.4, -0.2) is 18.7 Å². The number of hydrogen-bond donors (Lipinski definition) is 0. The van der Waals surface area contributed by atoms with Crippen LogP contribution in [0.15, 0.2) is 33.9 Å². The smallest absolute Gasteiger partial charge is 0.322 e. The SMILES string of the molecule is Cc1ccccc1/C=C/c1nc2c(c(=O)n(C)c(=O)n2C)n1C. The molecular weight excluding hydrogens is 292 g/mol. The maximum absolute atomic E-state index is 12.3. The fourth-order valence-corrected chi connectivity index (χ4v) is 2.62. The van der Waals surface area contributed by atoms with Gasteiger partial charge in [-0.2, -0.15) is 0 Å². The van der Waals surface area contributed by atoms with Crippen molar-refractivity contribution < 1.29 is 0 Å². The Morgan fingerprint density at radius 2 is 1.65 bits per heavy atom. The molecule has 0 saturated heterocycles. The van der Waals surface area contributed by atoms with E-state index in [1.165, 1.54) is 11.6 Å². The predicted octanol–water partition coefficient (Wildman–Crippen LogP) is 1.45. The van der Waals surface area contributed by atoms with E-state index in [9.17, 15) is 9.59 Å². The van der Waals surface area contributed by atoms with Gasteiger partial charge >= 0.3 is 5.69 Å². The Bertz CT molecular complexity index is 1050. The second kappa shape index (κ2) is 5.39. The first-order valence-corrected chi connectivity index (χ1v) is 7.28. The number of aromatic nitrogens is 4. The third-order valence-corrected chi connectivity index (χ3v) is 4.11. The molecule has 0 N–H and O–H groups in total. The van der Waals surface area contributed by atoms with Gasteiger partial charge in [-0.1, -0.05) is 30.3 Å². The van der Waals surface area contributed by atoms with E-state index in [0.717, 1.165) is 15.7 Å². The third kappa shape index (κ3) is 2.32. The molecule has 6 heteroatoms. The van der Waals surface area contributed by atoms with E-state index in [2.05, 4.69) is 4.98 Å². The van der Waals surface area contributed by atoms with Crippen LogP contribution in [0.5, 0.6) is 0 Å². The molecule has 0 unspecified atom stereocenters. The average Bonchev–Trinajstić information content (AvgIpc) is 2.87. The van der Waals surface area contributed by atoms with Crippen molar-refractivity contribution >= 4 is 23.3 Å². The summed E-state index contributed by atoms with van der Waals surface area (Å²) in [7, 11) is 4.87. The minimum atomic E-state index is -0.380. The minimum absolute atomic E-state index is 0.339. The standard InChI is InChI=1S/C17H18N4O2/c1-11-7-5-6-8-12(11)9-10-13-18-15-14(19(13)2)16(22)21(4)17(23)20(15)3/h5-10H,1-4H3/b10-9+. The lowest BCUT2D eigenvalue weighted by Crippen LogP contribution is -2.37. The lowest BCUT2D eigenvalue weighted by molar-refractivity contribution is 0.705. The zero-order valence-electron chi connectivity index (χ0n) is 13.6. The fourth-order valence-electron chi connectivity index (χ4n) is 2.62. The van der Waals surface area contributed by atoms with Gasteiger partial charge in [0.2, 0.25) is 0 Å². The van der Waals surface area contributed by atoms with Crippen molar-refractivity contribution in [1.29, 1.82) is 0 Å². The van der Waals surface area contributed by atoms with E-state index < -0.39 is 0 Å². The molecule has 0 aliphatic heterocycles. The minimum Gasteiger partial charge on any atom is -0.322 e. The molecule has 0 amide bonds. The topological polar surface area (TPSA) is 61.8 Å². The van der Waals surface area contributed by atoms with Crippen molar-refractivity contribution in [2.45, 2.75) is 6.92 Å². The lowest BCUT2D eigenvalue weighted by Gasteiger charge is -2.03. The zero-order valence-corrected chi connectivity index (χ0v) is 13.6. The number of nitrogens with zero attached hydrogens (tertiary/aromatic N) is 4. The number of rotatable bonds is 2. The van der Waals surface area contributed by atoms with Crippen LogP contribution in [0.3, 0.4) is 0 Å². The van der Waals surface area contributed by atoms with Gasteiger partial charge in [-0.25, -0.2) is 9.78 Å². The molecule has 0 bridgehead atoms. The summed E-state index contributed by atoms with van der Waals surface area (Å²) >= 11 is 0. The van der Waals surface area contributed by atoms with Crippen molar-refractivity contribution in [1.82, 2.24) is 18.7 Å². The second-order valence-corrected chi connectivity index (χ2v) is 5.60. The Morgan fingerprint density at radius 3 is 2.35 bits per heavy atom. The van der Waals surface area contributed by atoms with Gasteiger partial charge in [0, 0.05) is 21.1 Å². The quantitative estimate of drug-likeness (QED) is 0.720. The number of benzene rings is 1. The van der Waals surface area contributed by atoms with E-state index in [1.807, 2.05) is 43.3 Å². The van der Waals surface area contributed by atoms with E-state index in [1.54, 1.807) is 18.7 Å². The highest BCUT2D eigenvalue weighted by Crippen LogP contribution is 2.14. The average molecular weight is 310 g/mol. The van der Waals surface area contributed by atoms with Crippen LogP contribution < -0.4 is 11.2 Å². The summed E-state index contributed by atoms with van der Waals surface area (Å²) in [5, 5.41) is 0. The van der Waals surface area contributed by atoms with Crippen LogP contribution in [-0.2, 0) is 21.1 Å². The van der Waals surface area contributed by atoms with Crippen LogP contribution >= 0.6 is 0 Å². The first-order chi connectivity index (χ1) is 10.9. The van der Waals surface area contributed by atoms with Crippen LogP contribution in [0.4, 0.5) is 0 Å². The summed E-state index contributed by atoms with van der Waals surface area (Å²) in [6.07, 6.45) is 3.81. The molecule has 0 spiro atoms. The van der Waals surface area contributed by atoms with Crippen LogP contribution in [0.25, 0.3) is 23.3 Å². The molecule has 0 saturated carbocycles. The van der Waals surface area contributed by atoms with Gasteiger partial charge in [-0.15, -0.1) is 0 Å². The largest absolute Gasteiger partial charge is 0.332 e. The van der Waals surface area contributed by atoms with E-state index in [0.29, 0.717) is 17.0 Å². The molecule has 0 fully saturated rings. The van der Waals surface area contributed by atoms with E-state index >= 15 is 0 Å². The van der Waals surface area contributed by atoms with Gasteiger partial charge in [-0.05, 0) is 24.1 Å². The van der Waals surface area contributed by atoms with Crippen molar-refractivity contribution in [3.05, 3.63) is 62.1 Å². The maximum atomic E-state index is 12.3. The zero-order chi connectivity index (χ0) is 16.7. The Labute approximate surface area is 132 Å². The molecule has 0 aliphatic carbocycles. The van der Waals surface area contributed by atoms with Gasteiger partial charge < -0.3 is 4.57 Å². The molecular formula is C17H18N4O2. The van der Waals surface area contributed by atoms with Gasteiger partial charge in [0.15, 0.2) is 11.2 Å². The highest BCUT2D eigenvalue weighted by molar-refractivity contribution is 5.76. The summed E-state index contributed by atoms with van der Waals surface area (Å²) in [5.41, 5.74) is 2.33. The summed E-state index contributed by atoms with van der Waals surface area (Å²) in [6.45, 7) is 2.04.